The first-order chi connectivity index (χ1) is 13.0. The van der Waals surface area contributed by atoms with E-state index in [1.807, 2.05) is 25.1 Å². The smallest absolute Gasteiger partial charge is 0.254 e. The molecule has 0 saturated carbocycles. The number of hydrogen-bond acceptors (Lipinski definition) is 4. The minimum Gasteiger partial charge on any atom is -0.497 e. The molecule has 7 heteroatoms. The van der Waals surface area contributed by atoms with E-state index in [1.54, 1.807) is 24.0 Å². The van der Waals surface area contributed by atoms with Crippen LogP contribution in [0.4, 0.5) is 0 Å². The van der Waals surface area contributed by atoms with Crippen LogP contribution >= 0.6 is 0 Å². The second-order valence-electron chi connectivity index (χ2n) is 7.33. The Labute approximate surface area is 158 Å². The number of hydrogen-bond donors (Lipinski definition) is 1. The maximum absolute atomic E-state index is 13.4. The Balaban J connectivity index is 1.78. The van der Waals surface area contributed by atoms with E-state index in [-0.39, 0.29) is 18.4 Å². The second kappa shape index (κ2) is 6.56. The highest BCUT2D eigenvalue weighted by atomic mass is 16.5. The van der Waals surface area contributed by atoms with Crippen LogP contribution in [0.3, 0.4) is 0 Å². The van der Waals surface area contributed by atoms with Crippen molar-refractivity contribution in [2.24, 2.45) is 0 Å². The highest BCUT2D eigenvalue weighted by molar-refractivity contribution is 6.00. The maximum atomic E-state index is 13.4. The van der Waals surface area contributed by atoms with Crippen LogP contribution in [0.5, 0.6) is 5.75 Å². The van der Waals surface area contributed by atoms with E-state index in [0.29, 0.717) is 26.1 Å². The number of ether oxygens (including phenoxy) is 2. The van der Waals surface area contributed by atoms with E-state index in [1.165, 1.54) is 0 Å². The molecule has 27 heavy (non-hydrogen) atoms. The molecule has 0 aliphatic carbocycles. The Morgan fingerprint density at radius 2 is 2.07 bits per heavy atom. The van der Waals surface area contributed by atoms with Crippen molar-refractivity contribution in [2.45, 2.75) is 25.3 Å². The van der Waals surface area contributed by atoms with Crippen LogP contribution in [0.15, 0.2) is 18.2 Å². The monoisotopic (exact) mass is 371 g/mol. The second-order valence-corrected chi connectivity index (χ2v) is 7.33. The summed E-state index contributed by atoms with van der Waals surface area (Å²) in [5.74, 6) is 0.748. The van der Waals surface area contributed by atoms with E-state index in [9.17, 15) is 9.59 Å². The minimum atomic E-state index is -0.998. The predicted octanol–water partition coefficient (Wildman–Crippen LogP) is 1.66. The third kappa shape index (κ3) is 2.60. The highest BCUT2D eigenvalue weighted by Gasteiger charge is 2.53. The summed E-state index contributed by atoms with van der Waals surface area (Å²) >= 11 is 0. The summed E-state index contributed by atoms with van der Waals surface area (Å²) in [6.07, 6.45) is 1.43. The molecule has 7 nitrogen and oxygen atoms in total. The first kappa shape index (κ1) is 17.9. The Hall–Kier alpha value is -2.54. The molecule has 1 fully saturated rings. The average Bonchev–Trinajstić information content (AvgIpc) is 3.05. The van der Waals surface area contributed by atoms with E-state index < -0.39 is 5.54 Å². The van der Waals surface area contributed by atoms with E-state index in [2.05, 4.69) is 4.98 Å². The van der Waals surface area contributed by atoms with Crippen molar-refractivity contribution in [1.82, 2.24) is 14.8 Å². The van der Waals surface area contributed by atoms with Crippen molar-refractivity contribution >= 4 is 22.7 Å². The fourth-order valence-electron chi connectivity index (χ4n) is 4.42. The Kier molecular flexibility index (Phi) is 4.34. The molecule has 1 aromatic carbocycles. The number of H-pyrrole nitrogens is 1. The van der Waals surface area contributed by atoms with Crippen LogP contribution < -0.4 is 4.74 Å². The van der Waals surface area contributed by atoms with Crippen LogP contribution in [-0.4, -0.2) is 67.1 Å². The number of methoxy groups -OCH3 is 2. The molecule has 0 spiro atoms. The number of nitrogens with one attached hydrogen (secondary N) is 1. The van der Waals surface area contributed by atoms with Crippen molar-refractivity contribution in [1.29, 1.82) is 0 Å². The van der Waals surface area contributed by atoms with Gasteiger partial charge in [0.25, 0.3) is 5.91 Å². The largest absolute Gasteiger partial charge is 0.497 e. The molecule has 2 aromatic rings. The molecule has 3 heterocycles. The molecule has 2 aliphatic rings. The van der Waals surface area contributed by atoms with Crippen LogP contribution in [0.1, 0.15) is 24.6 Å². The zero-order valence-corrected chi connectivity index (χ0v) is 16.0. The first-order valence-corrected chi connectivity index (χ1v) is 9.28. The number of piperazine rings is 1. The summed E-state index contributed by atoms with van der Waals surface area (Å²) in [6.45, 7) is 3.63. The molecule has 144 valence electrons. The van der Waals surface area contributed by atoms with Crippen molar-refractivity contribution in [3.8, 4) is 5.75 Å². The number of carbonyl (C=O) groups is 2. The molecule has 1 saturated heterocycles. The normalized spacial score (nSPS) is 22.2. The number of amides is 2. The number of fused-ring (bicyclic) bond motifs is 5. The van der Waals surface area contributed by atoms with Crippen molar-refractivity contribution in [3.05, 3.63) is 29.5 Å². The van der Waals surface area contributed by atoms with E-state index in [0.717, 1.165) is 34.3 Å². The number of rotatable bonds is 5. The lowest BCUT2D eigenvalue weighted by Crippen LogP contribution is -2.67. The summed E-state index contributed by atoms with van der Waals surface area (Å²) in [4.78, 5) is 33.1. The maximum Gasteiger partial charge on any atom is 0.254 e. The lowest BCUT2D eigenvalue weighted by Gasteiger charge is -2.49. The van der Waals surface area contributed by atoms with Crippen LogP contribution in [0, 0.1) is 0 Å². The standard InChI is InChI=1S/C20H25N3O4/c1-20-18-14(15-11-13(27-3)5-6-16(15)21-18)7-9-23(20)17(24)12-22(19(20)25)8-4-10-26-2/h5-6,11,21H,4,7-10,12H2,1-3H3/t20-/m0/s1. The highest BCUT2D eigenvalue weighted by Crippen LogP contribution is 2.42. The molecule has 1 aromatic heterocycles. The third-order valence-electron chi connectivity index (χ3n) is 5.83. The summed E-state index contributed by atoms with van der Waals surface area (Å²) in [5.41, 5.74) is 1.89. The number of benzene rings is 1. The molecule has 4 rings (SSSR count). The molecule has 2 aliphatic heterocycles. The van der Waals surface area contributed by atoms with Gasteiger partial charge in [-0.1, -0.05) is 0 Å². The minimum absolute atomic E-state index is 0.00333. The van der Waals surface area contributed by atoms with Gasteiger partial charge in [0.15, 0.2) is 5.54 Å². The Morgan fingerprint density at radius 1 is 1.26 bits per heavy atom. The third-order valence-corrected chi connectivity index (χ3v) is 5.83. The number of carbonyl (C=O) groups excluding carboxylic acids is 2. The molecule has 0 unspecified atom stereocenters. The van der Waals surface area contributed by atoms with E-state index >= 15 is 0 Å². The van der Waals surface area contributed by atoms with Crippen LogP contribution in [0.2, 0.25) is 0 Å². The molecule has 0 radical (unpaired) electrons. The van der Waals surface area contributed by atoms with Gasteiger partial charge in [0.1, 0.15) is 5.75 Å². The molecule has 1 atom stereocenters. The van der Waals surface area contributed by atoms with E-state index in [4.69, 9.17) is 9.47 Å². The zero-order chi connectivity index (χ0) is 19.2. The lowest BCUT2D eigenvalue weighted by molar-refractivity contribution is -0.166. The number of aromatic amines is 1. The van der Waals surface area contributed by atoms with Crippen molar-refractivity contribution < 1.29 is 19.1 Å². The molecule has 2 amide bonds. The van der Waals surface area contributed by atoms with Gasteiger partial charge in [0, 0.05) is 37.7 Å². The van der Waals surface area contributed by atoms with Crippen LogP contribution in [0.25, 0.3) is 10.9 Å². The Morgan fingerprint density at radius 3 is 2.81 bits per heavy atom. The van der Waals surface area contributed by atoms with Gasteiger partial charge in [0.05, 0.1) is 19.3 Å². The summed E-state index contributed by atoms with van der Waals surface area (Å²) in [6, 6.07) is 5.86. The average molecular weight is 371 g/mol. The summed E-state index contributed by atoms with van der Waals surface area (Å²) < 4.78 is 10.5. The summed E-state index contributed by atoms with van der Waals surface area (Å²) in [7, 11) is 3.28. The topological polar surface area (TPSA) is 74.9 Å². The molecule has 0 bridgehead atoms. The Bertz CT molecular complexity index is 906. The van der Waals surface area contributed by atoms with Gasteiger partial charge in [-0.15, -0.1) is 0 Å². The fourth-order valence-corrected chi connectivity index (χ4v) is 4.42. The summed E-state index contributed by atoms with van der Waals surface area (Å²) in [5, 5.41) is 1.06. The van der Waals surface area contributed by atoms with Crippen LogP contribution in [-0.2, 0) is 26.3 Å². The van der Waals surface area contributed by atoms with Gasteiger partial charge in [-0.3, -0.25) is 9.59 Å². The number of aromatic nitrogens is 1. The fraction of sp³-hybridized carbons (Fsp3) is 0.500. The number of nitrogens with zero attached hydrogens (tertiary/aromatic N) is 2. The van der Waals surface area contributed by atoms with Gasteiger partial charge in [-0.25, -0.2) is 0 Å². The van der Waals surface area contributed by atoms with Gasteiger partial charge in [0.2, 0.25) is 5.91 Å². The quantitative estimate of drug-likeness (QED) is 0.811. The lowest BCUT2D eigenvalue weighted by atomic mass is 9.83. The molecular weight excluding hydrogens is 346 g/mol. The van der Waals surface area contributed by atoms with Gasteiger partial charge in [-0.2, -0.15) is 0 Å². The van der Waals surface area contributed by atoms with Crippen molar-refractivity contribution in [2.75, 3.05) is 40.5 Å². The predicted molar refractivity (Wildman–Crippen MR) is 101 cm³/mol. The molecular formula is C20H25N3O4. The first-order valence-electron chi connectivity index (χ1n) is 9.28. The van der Waals surface area contributed by atoms with Crippen molar-refractivity contribution in [3.63, 3.8) is 0 Å². The zero-order valence-electron chi connectivity index (χ0n) is 16.0. The van der Waals surface area contributed by atoms with Gasteiger partial charge < -0.3 is 24.3 Å². The van der Waals surface area contributed by atoms with Gasteiger partial charge in [-0.05, 0) is 43.5 Å². The SMILES string of the molecule is COCCCN1CC(=O)N2CCc3c([nH]c4ccc(OC)cc34)[C@@]2(C)C1=O. The van der Waals surface area contributed by atoms with Gasteiger partial charge >= 0.3 is 0 Å². The molecule has 1 N–H and O–H groups in total.